The van der Waals surface area contributed by atoms with Crippen LogP contribution in [0.4, 0.5) is 0 Å². The highest BCUT2D eigenvalue weighted by molar-refractivity contribution is 7.86. The van der Waals surface area contributed by atoms with E-state index in [0.29, 0.717) is 0 Å². The monoisotopic (exact) mass is 450 g/mol. The minimum Gasteiger partial charge on any atom is -0.285 e. The van der Waals surface area contributed by atoms with Gasteiger partial charge in [0.15, 0.2) is 0 Å². The molecule has 0 aliphatic carbocycles. The largest absolute Gasteiger partial charge is 0.285 e. The summed E-state index contributed by atoms with van der Waals surface area (Å²) in [6, 6.07) is 10.5. The Balaban J connectivity index is 3.46. The molecule has 1 N–H and O–H groups in total. The SMILES string of the molecule is CC(=CCC(C)(C)C)C(C(C)(C)C(C)(C)CC(c1ccccc1)C(C)(C)C)S(=O)(=O)O. The van der Waals surface area contributed by atoms with Crippen LogP contribution in [0.3, 0.4) is 0 Å². The van der Waals surface area contributed by atoms with Gasteiger partial charge in [0.2, 0.25) is 0 Å². The molecule has 0 saturated carbocycles. The van der Waals surface area contributed by atoms with Crippen LogP contribution >= 0.6 is 0 Å². The van der Waals surface area contributed by atoms with Gasteiger partial charge in [-0.2, -0.15) is 8.42 Å². The van der Waals surface area contributed by atoms with Gasteiger partial charge in [-0.3, -0.25) is 4.55 Å². The molecule has 0 fully saturated rings. The van der Waals surface area contributed by atoms with Gasteiger partial charge in [0.25, 0.3) is 10.1 Å². The van der Waals surface area contributed by atoms with Crippen molar-refractivity contribution in [1.29, 1.82) is 0 Å². The molecule has 2 unspecified atom stereocenters. The highest BCUT2D eigenvalue weighted by atomic mass is 32.2. The number of hydrogen-bond donors (Lipinski definition) is 1. The summed E-state index contributed by atoms with van der Waals surface area (Å²) < 4.78 is 35.6. The van der Waals surface area contributed by atoms with Gasteiger partial charge in [0.1, 0.15) is 5.25 Å². The molecule has 1 aromatic carbocycles. The fraction of sp³-hybridized carbons (Fsp3) is 0.704. The van der Waals surface area contributed by atoms with Crippen LogP contribution in [-0.4, -0.2) is 18.2 Å². The molecule has 2 atom stereocenters. The van der Waals surface area contributed by atoms with Crippen LogP contribution in [-0.2, 0) is 10.1 Å². The third-order valence-electron chi connectivity index (χ3n) is 7.11. The summed E-state index contributed by atoms with van der Waals surface area (Å²) in [5, 5.41) is -0.950. The van der Waals surface area contributed by atoms with E-state index in [4.69, 9.17) is 0 Å². The lowest BCUT2D eigenvalue weighted by atomic mass is 9.58. The van der Waals surface area contributed by atoms with Crippen LogP contribution < -0.4 is 0 Å². The van der Waals surface area contributed by atoms with Crippen molar-refractivity contribution in [3.05, 3.63) is 47.5 Å². The van der Waals surface area contributed by atoms with Gasteiger partial charge in [-0.15, -0.1) is 0 Å². The van der Waals surface area contributed by atoms with Gasteiger partial charge in [0, 0.05) is 0 Å². The van der Waals surface area contributed by atoms with Crippen LogP contribution in [0.25, 0.3) is 0 Å². The topological polar surface area (TPSA) is 54.4 Å². The fourth-order valence-corrected chi connectivity index (χ4v) is 6.12. The normalized spacial score (nSPS) is 16.8. The van der Waals surface area contributed by atoms with Crippen LogP contribution in [0.1, 0.15) is 100 Å². The lowest BCUT2D eigenvalue weighted by Crippen LogP contribution is -2.48. The molecule has 0 aliphatic rings. The summed E-state index contributed by atoms with van der Waals surface area (Å²) in [7, 11) is -4.28. The molecule has 31 heavy (non-hydrogen) atoms. The number of benzene rings is 1. The van der Waals surface area contributed by atoms with Crippen molar-refractivity contribution in [2.75, 3.05) is 0 Å². The zero-order chi connectivity index (χ0) is 24.5. The minimum atomic E-state index is -4.28. The van der Waals surface area contributed by atoms with E-state index in [2.05, 4.69) is 79.7 Å². The van der Waals surface area contributed by atoms with E-state index in [1.54, 1.807) is 0 Å². The summed E-state index contributed by atoms with van der Waals surface area (Å²) >= 11 is 0. The summed E-state index contributed by atoms with van der Waals surface area (Å²) in [6.07, 6.45) is 3.57. The van der Waals surface area contributed by atoms with Crippen molar-refractivity contribution in [2.24, 2.45) is 21.7 Å². The summed E-state index contributed by atoms with van der Waals surface area (Å²) in [4.78, 5) is 0. The Bertz CT molecular complexity index is 848. The predicted octanol–water partition coefficient (Wildman–Crippen LogP) is 7.90. The quantitative estimate of drug-likeness (QED) is 0.323. The van der Waals surface area contributed by atoms with Crippen molar-refractivity contribution in [3.8, 4) is 0 Å². The Labute approximate surface area is 192 Å². The van der Waals surface area contributed by atoms with E-state index in [1.165, 1.54) is 5.56 Å². The molecule has 4 heteroatoms. The fourth-order valence-electron chi connectivity index (χ4n) is 4.49. The maximum atomic E-state index is 12.7. The predicted molar refractivity (Wildman–Crippen MR) is 134 cm³/mol. The van der Waals surface area contributed by atoms with Crippen molar-refractivity contribution in [3.63, 3.8) is 0 Å². The van der Waals surface area contributed by atoms with Gasteiger partial charge in [-0.1, -0.05) is 111 Å². The molecule has 1 aromatic rings. The second-order valence-corrected chi connectivity index (χ2v) is 14.2. The van der Waals surface area contributed by atoms with Gasteiger partial charge in [-0.05, 0) is 52.9 Å². The molecule has 0 saturated heterocycles. The molecule has 0 radical (unpaired) electrons. The highest BCUT2D eigenvalue weighted by Crippen LogP contribution is 2.53. The number of hydrogen-bond acceptors (Lipinski definition) is 2. The van der Waals surface area contributed by atoms with Crippen LogP contribution in [0.2, 0.25) is 0 Å². The molecule has 178 valence electrons. The Kier molecular flexibility index (Phi) is 8.45. The van der Waals surface area contributed by atoms with Gasteiger partial charge < -0.3 is 0 Å². The lowest BCUT2D eigenvalue weighted by molar-refractivity contribution is 0.0708. The van der Waals surface area contributed by atoms with E-state index in [-0.39, 0.29) is 22.2 Å². The van der Waals surface area contributed by atoms with E-state index in [0.717, 1.165) is 18.4 Å². The average Bonchev–Trinajstić information content (AvgIpc) is 2.55. The molecule has 0 amide bonds. The highest BCUT2D eigenvalue weighted by Gasteiger charge is 2.50. The number of rotatable bonds is 8. The van der Waals surface area contributed by atoms with Crippen LogP contribution in [0, 0.1) is 21.7 Å². The molecule has 0 aliphatic heterocycles. The molecular formula is C27H46O3S. The Morgan fingerprint density at radius 1 is 0.935 bits per heavy atom. The second-order valence-electron chi connectivity index (χ2n) is 12.7. The average molecular weight is 451 g/mol. The Hall–Kier alpha value is -1.13. The molecular weight excluding hydrogens is 404 g/mol. The molecule has 0 heterocycles. The van der Waals surface area contributed by atoms with Crippen molar-refractivity contribution < 1.29 is 13.0 Å². The van der Waals surface area contributed by atoms with Gasteiger partial charge in [-0.25, -0.2) is 0 Å². The van der Waals surface area contributed by atoms with E-state index < -0.39 is 20.8 Å². The minimum absolute atomic E-state index is 0.0133. The third kappa shape index (κ3) is 7.46. The van der Waals surface area contributed by atoms with Crippen molar-refractivity contribution >= 4 is 10.1 Å². The maximum absolute atomic E-state index is 12.7. The molecule has 0 spiro atoms. The zero-order valence-electron chi connectivity index (χ0n) is 21.7. The first-order valence-corrected chi connectivity index (χ1v) is 12.9. The first-order chi connectivity index (χ1) is 13.7. The number of allylic oxidation sites excluding steroid dienone is 1. The van der Waals surface area contributed by atoms with Crippen LogP contribution in [0.5, 0.6) is 0 Å². The van der Waals surface area contributed by atoms with E-state index in [1.807, 2.05) is 32.9 Å². The molecule has 3 nitrogen and oxygen atoms in total. The molecule has 0 bridgehead atoms. The zero-order valence-corrected chi connectivity index (χ0v) is 22.5. The first-order valence-electron chi connectivity index (χ1n) is 11.4. The Morgan fingerprint density at radius 3 is 1.81 bits per heavy atom. The van der Waals surface area contributed by atoms with Gasteiger partial charge >= 0.3 is 0 Å². The van der Waals surface area contributed by atoms with Crippen LogP contribution in [0.15, 0.2) is 42.0 Å². The van der Waals surface area contributed by atoms with E-state index in [9.17, 15) is 13.0 Å². The van der Waals surface area contributed by atoms with Crippen molar-refractivity contribution in [2.45, 2.75) is 100 Å². The van der Waals surface area contributed by atoms with E-state index >= 15 is 0 Å². The third-order valence-corrected chi connectivity index (χ3v) is 8.67. The smallest absolute Gasteiger partial charge is 0.272 e. The van der Waals surface area contributed by atoms with Gasteiger partial charge in [0.05, 0.1) is 0 Å². The first kappa shape index (κ1) is 27.9. The lowest BCUT2D eigenvalue weighted by Gasteiger charge is -2.49. The Morgan fingerprint density at radius 2 is 1.42 bits per heavy atom. The maximum Gasteiger partial charge on any atom is 0.272 e. The van der Waals surface area contributed by atoms with Crippen molar-refractivity contribution in [1.82, 2.24) is 0 Å². The molecule has 1 rings (SSSR count). The standard InChI is InChI=1S/C27H46O3S/c1-20(17-18-24(2,3)4)23(31(28,29)30)27(10,11)26(8,9)19-22(25(5,6)7)21-15-13-12-14-16-21/h12-17,22-23H,18-19H2,1-11H3,(H,28,29,30). The second kappa shape index (κ2) is 9.39. The summed E-state index contributed by atoms with van der Waals surface area (Å²) in [5.74, 6) is 0.254. The summed E-state index contributed by atoms with van der Waals surface area (Å²) in [5.41, 5.74) is 1.01. The summed E-state index contributed by atoms with van der Waals surface area (Å²) in [6.45, 7) is 23.2. The molecule has 0 aromatic heterocycles.